The standard InChI is InChI=1S/C13H24N2O2.2C2H6/c1-4-13-7-5-9-15(13)11(6-8-13)10-17-12(16)14(2)3;2*1-2/h11H,4-10H2,1-3H3;2*1-2H3. The molecule has 0 radical (unpaired) electrons. The topological polar surface area (TPSA) is 32.8 Å². The molecule has 21 heavy (non-hydrogen) atoms. The van der Waals surface area contributed by atoms with E-state index in [-0.39, 0.29) is 6.09 Å². The Morgan fingerprint density at radius 3 is 2.38 bits per heavy atom. The van der Waals surface area contributed by atoms with Crippen LogP contribution in [0.15, 0.2) is 0 Å². The van der Waals surface area contributed by atoms with Gasteiger partial charge in [0.15, 0.2) is 0 Å². The summed E-state index contributed by atoms with van der Waals surface area (Å²) >= 11 is 0. The van der Waals surface area contributed by atoms with Crippen LogP contribution in [0.1, 0.15) is 66.7 Å². The molecule has 2 heterocycles. The van der Waals surface area contributed by atoms with Crippen LogP contribution < -0.4 is 0 Å². The van der Waals surface area contributed by atoms with Gasteiger partial charge in [-0.1, -0.05) is 34.6 Å². The van der Waals surface area contributed by atoms with Crippen LogP contribution in [0, 0.1) is 0 Å². The molecule has 0 bridgehead atoms. The molecule has 4 nitrogen and oxygen atoms in total. The van der Waals surface area contributed by atoms with Crippen LogP contribution in [-0.2, 0) is 4.74 Å². The largest absolute Gasteiger partial charge is 0.448 e. The lowest BCUT2D eigenvalue weighted by atomic mass is 9.91. The normalized spacial score (nSPS) is 26.9. The van der Waals surface area contributed by atoms with Crippen molar-refractivity contribution in [2.75, 3.05) is 27.2 Å². The zero-order chi connectivity index (χ0) is 16.5. The smallest absolute Gasteiger partial charge is 0.409 e. The third-order valence-corrected chi connectivity index (χ3v) is 4.46. The van der Waals surface area contributed by atoms with Gasteiger partial charge in [0.05, 0.1) is 0 Å². The summed E-state index contributed by atoms with van der Waals surface area (Å²) in [6.07, 6.45) is 6.07. The molecule has 2 unspecified atom stereocenters. The van der Waals surface area contributed by atoms with Crippen molar-refractivity contribution < 1.29 is 9.53 Å². The van der Waals surface area contributed by atoms with E-state index >= 15 is 0 Å². The maximum atomic E-state index is 11.4. The molecular formula is C17H36N2O2. The first-order valence-corrected chi connectivity index (χ1v) is 8.70. The number of fused-ring (bicyclic) bond motifs is 1. The van der Waals surface area contributed by atoms with Crippen LogP contribution in [0.3, 0.4) is 0 Å². The van der Waals surface area contributed by atoms with Crippen molar-refractivity contribution in [1.82, 2.24) is 9.80 Å². The van der Waals surface area contributed by atoms with Crippen molar-refractivity contribution in [3.05, 3.63) is 0 Å². The van der Waals surface area contributed by atoms with Crippen LogP contribution in [0.5, 0.6) is 0 Å². The average Bonchev–Trinajstić information content (AvgIpc) is 3.08. The quantitative estimate of drug-likeness (QED) is 0.785. The second-order valence-electron chi connectivity index (χ2n) is 5.54. The number of nitrogens with zero attached hydrogens (tertiary/aromatic N) is 2. The molecule has 2 fully saturated rings. The van der Waals surface area contributed by atoms with E-state index in [9.17, 15) is 4.79 Å². The minimum Gasteiger partial charge on any atom is -0.448 e. The van der Waals surface area contributed by atoms with Crippen LogP contribution >= 0.6 is 0 Å². The molecule has 126 valence electrons. The van der Waals surface area contributed by atoms with Gasteiger partial charge < -0.3 is 9.64 Å². The van der Waals surface area contributed by atoms with Crippen molar-refractivity contribution in [1.29, 1.82) is 0 Å². The molecule has 2 aliphatic rings. The fourth-order valence-corrected chi connectivity index (χ4v) is 3.42. The molecule has 0 aromatic carbocycles. The number of carbonyl (C=O) groups is 1. The maximum Gasteiger partial charge on any atom is 0.409 e. The van der Waals surface area contributed by atoms with E-state index in [0.29, 0.717) is 18.2 Å². The summed E-state index contributed by atoms with van der Waals surface area (Å²) < 4.78 is 5.33. The van der Waals surface area contributed by atoms with Crippen LogP contribution in [0.4, 0.5) is 4.79 Å². The maximum absolute atomic E-state index is 11.4. The van der Waals surface area contributed by atoms with Gasteiger partial charge in [-0.3, -0.25) is 4.90 Å². The van der Waals surface area contributed by atoms with E-state index in [1.807, 2.05) is 27.7 Å². The zero-order valence-corrected chi connectivity index (χ0v) is 15.2. The summed E-state index contributed by atoms with van der Waals surface area (Å²) in [7, 11) is 3.45. The van der Waals surface area contributed by atoms with Gasteiger partial charge in [0.1, 0.15) is 6.61 Å². The highest BCUT2D eigenvalue weighted by atomic mass is 16.6. The molecule has 2 atom stereocenters. The first-order valence-electron chi connectivity index (χ1n) is 8.70. The van der Waals surface area contributed by atoms with Crippen LogP contribution in [-0.4, -0.2) is 54.7 Å². The van der Waals surface area contributed by atoms with E-state index in [1.165, 1.54) is 43.5 Å². The third kappa shape index (κ3) is 4.87. The lowest BCUT2D eigenvalue weighted by Crippen LogP contribution is -2.44. The molecule has 1 amide bonds. The fourth-order valence-electron chi connectivity index (χ4n) is 3.42. The van der Waals surface area contributed by atoms with Crippen molar-refractivity contribution in [2.45, 2.75) is 78.3 Å². The van der Waals surface area contributed by atoms with E-state index in [0.717, 1.165) is 0 Å². The lowest BCUT2D eigenvalue weighted by Gasteiger charge is -2.34. The second kappa shape index (κ2) is 10.0. The van der Waals surface area contributed by atoms with Crippen molar-refractivity contribution >= 4 is 6.09 Å². The highest BCUT2D eigenvalue weighted by Gasteiger charge is 2.47. The van der Waals surface area contributed by atoms with Crippen LogP contribution in [0.25, 0.3) is 0 Å². The molecule has 0 aliphatic carbocycles. The van der Waals surface area contributed by atoms with Gasteiger partial charge in [0.2, 0.25) is 0 Å². The lowest BCUT2D eigenvalue weighted by molar-refractivity contribution is 0.0678. The fraction of sp³-hybridized carbons (Fsp3) is 0.941. The van der Waals surface area contributed by atoms with Crippen molar-refractivity contribution in [3.63, 3.8) is 0 Å². The molecule has 0 aromatic rings. The number of carbonyl (C=O) groups excluding carboxylic acids is 1. The summed E-state index contributed by atoms with van der Waals surface area (Å²) in [6, 6.07) is 0.446. The Hall–Kier alpha value is -0.770. The van der Waals surface area contributed by atoms with Gasteiger partial charge in [-0.05, 0) is 38.6 Å². The minimum atomic E-state index is -0.224. The highest BCUT2D eigenvalue weighted by molar-refractivity contribution is 5.66. The predicted molar refractivity (Wildman–Crippen MR) is 89.7 cm³/mol. The minimum absolute atomic E-state index is 0.224. The summed E-state index contributed by atoms with van der Waals surface area (Å²) in [6.45, 7) is 12.0. The van der Waals surface area contributed by atoms with E-state index in [2.05, 4.69) is 11.8 Å². The Labute approximate surface area is 131 Å². The number of rotatable bonds is 3. The molecule has 2 rings (SSSR count). The number of hydrogen-bond donors (Lipinski definition) is 0. The summed E-state index contributed by atoms with van der Waals surface area (Å²) in [5.41, 5.74) is 0.426. The first kappa shape index (κ1) is 20.2. The molecule has 4 heteroatoms. The summed E-state index contributed by atoms with van der Waals surface area (Å²) in [4.78, 5) is 15.5. The molecule has 0 spiro atoms. The van der Waals surface area contributed by atoms with Gasteiger partial charge in [-0.25, -0.2) is 4.79 Å². The van der Waals surface area contributed by atoms with E-state index < -0.39 is 0 Å². The monoisotopic (exact) mass is 300 g/mol. The SMILES string of the molecule is CC.CC.CCC12CCCN1C(COC(=O)N(C)C)CC2. The molecule has 2 saturated heterocycles. The van der Waals surface area contributed by atoms with Crippen LogP contribution in [0.2, 0.25) is 0 Å². The average molecular weight is 300 g/mol. The van der Waals surface area contributed by atoms with E-state index in [1.54, 1.807) is 14.1 Å². The summed E-state index contributed by atoms with van der Waals surface area (Å²) in [5, 5.41) is 0. The number of ether oxygens (including phenoxy) is 1. The first-order chi connectivity index (χ1) is 10.1. The Balaban J connectivity index is 0.000000921. The van der Waals surface area contributed by atoms with E-state index in [4.69, 9.17) is 4.74 Å². The summed E-state index contributed by atoms with van der Waals surface area (Å²) in [5.74, 6) is 0. The zero-order valence-electron chi connectivity index (χ0n) is 15.2. The van der Waals surface area contributed by atoms with Gasteiger partial charge in [-0.15, -0.1) is 0 Å². The second-order valence-corrected chi connectivity index (χ2v) is 5.54. The van der Waals surface area contributed by atoms with Crippen molar-refractivity contribution in [2.24, 2.45) is 0 Å². The number of amides is 1. The Bertz CT molecular complexity index is 295. The third-order valence-electron chi connectivity index (χ3n) is 4.46. The van der Waals surface area contributed by atoms with Crippen molar-refractivity contribution in [3.8, 4) is 0 Å². The molecule has 0 saturated carbocycles. The van der Waals surface area contributed by atoms with Gasteiger partial charge >= 0.3 is 6.09 Å². The van der Waals surface area contributed by atoms with Gasteiger partial charge in [-0.2, -0.15) is 0 Å². The van der Waals surface area contributed by atoms with Gasteiger partial charge in [0.25, 0.3) is 0 Å². The predicted octanol–water partition coefficient (Wildman–Crippen LogP) is 4.14. The Morgan fingerprint density at radius 1 is 1.24 bits per heavy atom. The molecular weight excluding hydrogens is 264 g/mol. The number of hydrogen-bond acceptors (Lipinski definition) is 3. The molecule has 0 aromatic heterocycles. The van der Waals surface area contributed by atoms with Gasteiger partial charge in [0, 0.05) is 25.7 Å². The molecule has 0 N–H and O–H groups in total. The molecule has 2 aliphatic heterocycles. The Morgan fingerprint density at radius 2 is 1.86 bits per heavy atom. The Kier molecular flexibility index (Phi) is 9.67. The highest BCUT2D eigenvalue weighted by Crippen LogP contribution is 2.44.